The number of hydrogen-bond acceptors (Lipinski definition) is 5. The number of aromatic nitrogens is 1. The summed E-state index contributed by atoms with van der Waals surface area (Å²) in [6.07, 6.45) is 3.65. The van der Waals surface area contributed by atoms with E-state index in [9.17, 15) is 5.11 Å². The maximum Gasteiger partial charge on any atom is 0.161 e. The Bertz CT molecular complexity index is 693. The molecule has 2 heterocycles. The Morgan fingerprint density at radius 1 is 1.04 bits per heavy atom. The number of aliphatic hydroxyl groups is 1. The molecule has 1 fully saturated rings. The Morgan fingerprint density at radius 2 is 1.77 bits per heavy atom. The smallest absolute Gasteiger partial charge is 0.161 e. The van der Waals surface area contributed by atoms with E-state index in [0.29, 0.717) is 19.1 Å². The monoisotopic (exact) mass is 356 g/mol. The third-order valence-electron chi connectivity index (χ3n) is 4.90. The Hall–Kier alpha value is -2.11. The summed E-state index contributed by atoms with van der Waals surface area (Å²) in [5.74, 6) is 2.20. The second-order valence-corrected chi connectivity index (χ2v) is 6.67. The van der Waals surface area contributed by atoms with E-state index in [4.69, 9.17) is 9.47 Å². The summed E-state index contributed by atoms with van der Waals surface area (Å²) in [5.41, 5.74) is 2.45. The number of pyridine rings is 1. The molecule has 0 amide bonds. The molecule has 2 aromatic rings. The van der Waals surface area contributed by atoms with Crippen molar-refractivity contribution in [1.29, 1.82) is 0 Å². The van der Waals surface area contributed by atoms with Crippen molar-refractivity contribution in [1.82, 2.24) is 9.88 Å². The molecule has 1 N–H and O–H groups in total. The van der Waals surface area contributed by atoms with Gasteiger partial charge in [0.15, 0.2) is 11.5 Å². The minimum absolute atomic E-state index is 0.205. The average Bonchev–Trinajstić information content (AvgIpc) is 3.08. The van der Waals surface area contributed by atoms with Crippen LogP contribution in [-0.4, -0.2) is 47.9 Å². The summed E-state index contributed by atoms with van der Waals surface area (Å²) >= 11 is 0. The molecular formula is C21H28N2O3. The van der Waals surface area contributed by atoms with Crippen LogP contribution in [0.5, 0.6) is 11.5 Å². The van der Waals surface area contributed by atoms with Gasteiger partial charge in [-0.05, 0) is 49.2 Å². The van der Waals surface area contributed by atoms with E-state index >= 15 is 0 Å². The average molecular weight is 356 g/mol. The molecule has 0 unspecified atom stereocenters. The van der Waals surface area contributed by atoms with E-state index in [1.165, 1.54) is 11.1 Å². The van der Waals surface area contributed by atoms with Crippen molar-refractivity contribution >= 4 is 0 Å². The van der Waals surface area contributed by atoms with Gasteiger partial charge in [-0.15, -0.1) is 0 Å². The summed E-state index contributed by atoms with van der Waals surface area (Å²) in [6, 6.07) is 10.3. The molecule has 140 valence electrons. The molecule has 1 aromatic carbocycles. The topological polar surface area (TPSA) is 54.8 Å². The Morgan fingerprint density at radius 3 is 2.46 bits per heavy atom. The first-order valence-corrected chi connectivity index (χ1v) is 9.36. The van der Waals surface area contributed by atoms with Crippen molar-refractivity contribution in [3.8, 4) is 11.5 Å². The number of benzene rings is 1. The molecule has 26 heavy (non-hydrogen) atoms. The third kappa shape index (κ3) is 4.34. The Kier molecular flexibility index (Phi) is 6.47. The fraction of sp³-hybridized carbons (Fsp3) is 0.476. The van der Waals surface area contributed by atoms with Crippen LogP contribution in [0, 0.1) is 5.92 Å². The molecule has 1 saturated heterocycles. The van der Waals surface area contributed by atoms with Crippen LogP contribution in [-0.2, 0) is 6.54 Å². The summed E-state index contributed by atoms with van der Waals surface area (Å²) in [7, 11) is 0. The van der Waals surface area contributed by atoms with Gasteiger partial charge in [-0.2, -0.15) is 0 Å². The molecule has 3 rings (SSSR count). The highest BCUT2D eigenvalue weighted by atomic mass is 16.5. The van der Waals surface area contributed by atoms with Gasteiger partial charge in [0, 0.05) is 50.5 Å². The number of nitrogens with zero attached hydrogens (tertiary/aromatic N) is 2. The molecule has 0 radical (unpaired) electrons. The van der Waals surface area contributed by atoms with E-state index in [2.05, 4.69) is 34.1 Å². The molecule has 5 heteroatoms. The quantitative estimate of drug-likeness (QED) is 0.788. The lowest BCUT2D eigenvalue weighted by Crippen LogP contribution is -2.21. The van der Waals surface area contributed by atoms with Gasteiger partial charge in [0.05, 0.1) is 13.2 Å². The number of ether oxygens (including phenoxy) is 2. The minimum Gasteiger partial charge on any atom is -0.490 e. The highest BCUT2D eigenvalue weighted by Gasteiger charge is 2.33. The first-order chi connectivity index (χ1) is 12.7. The van der Waals surface area contributed by atoms with Crippen molar-refractivity contribution < 1.29 is 14.6 Å². The Labute approximate surface area is 155 Å². The van der Waals surface area contributed by atoms with Crippen LogP contribution >= 0.6 is 0 Å². The lowest BCUT2D eigenvalue weighted by atomic mass is 9.90. The number of rotatable bonds is 8. The van der Waals surface area contributed by atoms with Crippen LogP contribution in [0.2, 0.25) is 0 Å². The van der Waals surface area contributed by atoms with E-state index in [-0.39, 0.29) is 12.5 Å². The first kappa shape index (κ1) is 18.7. The van der Waals surface area contributed by atoms with E-state index < -0.39 is 0 Å². The van der Waals surface area contributed by atoms with Crippen molar-refractivity contribution in [2.75, 3.05) is 32.9 Å². The zero-order valence-corrected chi connectivity index (χ0v) is 15.6. The second kappa shape index (κ2) is 9.01. The number of hydrogen-bond donors (Lipinski definition) is 1. The SMILES string of the molecule is CCOc1ccc(CN2C[C@@H](CO)[C@H](c3ccncc3)C2)cc1OCC. The fourth-order valence-electron chi connectivity index (χ4n) is 3.72. The van der Waals surface area contributed by atoms with Crippen LogP contribution in [0.4, 0.5) is 0 Å². The third-order valence-corrected chi connectivity index (χ3v) is 4.90. The van der Waals surface area contributed by atoms with E-state index in [0.717, 1.165) is 31.1 Å². The lowest BCUT2D eigenvalue weighted by Gasteiger charge is -2.18. The molecule has 1 aliphatic rings. The zero-order valence-electron chi connectivity index (χ0n) is 15.6. The van der Waals surface area contributed by atoms with Crippen molar-refractivity contribution in [3.63, 3.8) is 0 Å². The van der Waals surface area contributed by atoms with Gasteiger partial charge in [-0.25, -0.2) is 0 Å². The summed E-state index contributed by atoms with van der Waals surface area (Å²) in [5, 5.41) is 9.81. The summed E-state index contributed by atoms with van der Waals surface area (Å²) in [6.45, 7) is 8.06. The van der Waals surface area contributed by atoms with E-state index in [1.54, 1.807) is 0 Å². The fourth-order valence-corrected chi connectivity index (χ4v) is 3.72. The highest BCUT2D eigenvalue weighted by Crippen LogP contribution is 2.34. The number of aliphatic hydroxyl groups excluding tert-OH is 1. The summed E-state index contributed by atoms with van der Waals surface area (Å²) < 4.78 is 11.4. The molecule has 0 aliphatic carbocycles. The predicted molar refractivity (Wildman–Crippen MR) is 102 cm³/mol. The Balaban J connectivity index is 1.72. The van der Waals surface area contributed by atoms with Gasteiger partial charge in [0.25, 0.3) is 0 Å². The predicted octanol–water partition coefficient (Wildman–Crippen LogP) is 3.09. The molecular weight excluding hydrogens is 328 g/mol. The maximum atomic E-state index is 9.81. The molecule has 2 atom stereocenters. The molecule has 1 aliphatic heterocycles. The van der Waals surface area contributed by atoms with Gasteiger partial charge in [-0.1, -0.05) is 6.07 Å². The van der Waals surface area contributed by atoms with Gasteiger partial charge in [-0.3, -0.25) is 9.88 Å². The zero-order chi connectivity index (χ0) is 18.4. The molecule has 0 saturated carbocycles. The van der Waals surface area contributed by atoms with Gasteiger partial charge in [0.2, 0.25) is 0 Å². The normalized spacial score (nSPS) is 20.3. The van der Waals surface area contributed by atoms with Crippen molar-refractivity contribution in [3.05, 3.63) is 53.9 Å². The van der Waals surface area contributed by atoms with Gasteiger partial charge >= 0.3 is 0 Å². The largest absolute Gasteiger partial charge is 0.490 e. The molecule has 0 bridgehead atoms. The summed E-state index contributed by atoms with van der Waals surface area (Å²) in [4.78, 5) is 6.50. The second-order valence-electron chi connectivity index (χ2n) is 6.67. The number of likely N-dealkylation sites (tertiary alicyclic amines) is 1. The minimum atomic E-state index is 0.205. The molecule has 1 aromatic heterocycles. The van der Waals surface area contributed by atoms with Gasteiger partial charge in [0.1, 0.15) is 0 Å². The molecule has 5 nitrogen and oxygen atoms in total. The van der Waals surface area contributed by atoms with Crippen molar-refractivity contribution in [2.45, 2.75) is 26.3 Å². The van der Waals surface area contributed by atoms with Crippen molar-refractivity contribution in [2.24, 2.45) is 5.92 Å². The maximum absolute atomic E-state index is 9.81. The molecule has 0 spiro atoms. The van der Waals surface area contributed by atoms with Crippen LogP contribution in [0.25, 0.3) is 0 Å². The van der Waals surface area contributed by atoms with Crippen LogP contribution < -0.4 is 9.47 Å². The lowest BCUT2D eigenvalue weighted by molar-refractivity contribution is 0.213. The van der Waals surface area contributed by atoms with Crippen LogP contribution in [0.3, 0.4) is 0 Å². The van der Waals surface area contributed by atoms with Gasteiger partial charge < -0.3 is 14.6 Å². The highest BCUT2D eigenvalue weighted by molar-refractivity contribution is 5.43. The van der Waals surface area contributed by atoms with Crippen LogP contribution in [0.1, 0.15) is 30.9 Å². The first-order valence-electron chi connectivity index (χ1n) is 9.36. The standard InChI is InChI=1S/C21H28N2O3/c1-3-25-20-6-5-16(11-21(20)26-4-2)12-23-13-18(15-24)19(14-23)17-7-9-22-10-8-17/h5-11,18-19,24H,3-4,12-15H2,1-2H3/t18-,19-/m0/s1. The van der Waals surface area contributed by atoms with Crippen LogP contribution in [0.15, 0.2) is 42.7 Å². The van der Waals surface area contributed by atoms with E-state index in [1.807, 2.05) is 32.3 Å².